The maximum Gasteiger partial charge on any atom is 0.242 e. The van der Waals surface area contributed by atoms with Crippen molar-refractivity contribution in [2.45, 2.75) is 29.4 Å². The Morgan fingerprint density at radius 3 is 2.33 bits per heavy atom. The van der Waals surface area contributed by atoms with Crippen LogP contribution in [0, 0.1) is 0 Å². The number of sulfone groups is 1. The highest BCUT2D eigenvalue weighted by Crippen LogP contribution is 2.24. The lowest BCUT2D eigenvalue weighted by atomic mass is 10.4. The van der Waals surface area contributed by atoms with E-state index in [1.807, 2.05) is 0 Å². The Labute approximate surface area is 140 Å². The standard InChI is InChI=1S/C16H18N2O5S/c19-14-6-7-15(20)18(14)11-16(21)17-9-8-13(10-17)24(22,23)12-4-2-1-3-5-12/h1-5,13H,6-11H2/t13-/m1/s1. The fourth-order valence-electron chi connectivity index (χ4n) is 3.05. The van der Waals surface area contributed by atoms with Gasteiger partial charge < -0.3 is 4.90 Å². The van der Waals surface area contributed by atoms with Crippen molar-refractivity contribution in [2.24, 2.45) is 0 Å². The molecule has 2 aliphatic heterocycles. The molecule has 8 heteroatoms. The van der Waals surface area contributed by atoms with Gasteiger partial charge in [-0.1, -0.05) is 18.2 Å². The van der Waals surface area contributed by atoms with Gasteiger partial charge in [-0.3, -0.25) is 19.3 Å². The fourth-order valence-corrected chi connectivity index (χ4v) is 4.76. The lowest BCUT2D eigenvalue weighted by Crippen LogP contribution is -2.42. The lowest BCUT2D eigenvalue weighted by Gasteiger charge is -2.20. The molecule has 0 N–H and O–H groups in total. The summed E-state index contributed by atoms with van der Waals surface area (Å²) in [6.45, 7) is 0.105. The number of carbonyl (C=O) groups is 3. The average molecular weight is 350 g/mol. The minimum atomic E-state index is -3.50. The van der Waals surface area contributed by atoms with E-state index < -0.39 is 15.1 Å². The van der Waals surface area contributed by atoms with Gasteiger partial charge >= 0.3 is 0 Å². The van der Waals surface area contributed by atoms with Crippen molar-refractivity contribution >= 4 is 27.6 Å². The maximum atomic E-state index is 12.6. The van der Waals surface area contributed by atoms with E-state index in [0.29, 0.717) is 13.0 Å². The number of benzene rings is 1. The molecule has 2 fully saturated rings. The summed E-state index contributed by atoms with van der Waals surface area (Å²) >= 11 is 0. The molecule has 0 spiro atoms. The number of imide groups is 1. The molecule has 0 bridgehead atoms. The third-order valence-electron chi connectivity index (χ3n) is 4.46. The molecule has 2 heterocycles. The van der Waals surface area contributed by atoms with Crippen molar-refractivity contribution in [1.82, 2.24) is 9.80 Å². The van der Waals surface area contributed by atoms with Gasteiger partial charge in [0, 0.05) is 25.9 Å². The summed E-state index contributed by atoms with van der Waals surface area (Å²) in [5.41, 5.74) is 0. The molecule has 0 saturated carbocycles. The second-order valence-corrected chi connectivity index (χ2v) is 8.21. The summed E-state index contributed by atoms with van der Waals surface area (Å²) in [6.07, 6.45) is 0.624. The van der Waals surface area contributed by atoms with E-state index in [2.05, 4.69) is 0 Å². The molecule has 1 atom stereocenters. The minimum Gasteiger partial charge on any atom is -0.340 e. The molecule has 0 unspecified atom stereocenters. The Hall–Kier alpha value is -2.22. The predicted octanol–water partition coefficient (Wildman–Crippen LogP) is 0.210. The second kappa shape index (κ2) is 6.35. The number of carbonyl (C=O) groups excluding carboxylic acids is 3. The number of rotatable bonds is 4. The second-order valence-electron chi connectivity index (χ2n) is 5.98. The van der Waals surface area contributed by atoms with Crippen LogP contribution in [-0.4, -0.2) is 60.8 Å². The highest BCUT2D eigenvalue weighted by Gasteiger charge is 2.38. The molecule has 0 aliphatic carbocycles. The monoisotopic (exact) mass is 350 g/mol. The van der Waals surface area contributed by atoms with Crippen molar-refractivity contribution in [2.75, 3.05) is 19.6 Å². The molecule has 3 rings (SSSR count). The van der Waals surface area contributed by atoms with Gasteiger partial charge in [0.15, 0.2) is 9.84 Å². The zero-order valence-corrected chi connectivity index (χ0v) is 13.9. The maximum absolute atomic E-state index is 12.6. The SMILES string of the molecule is O=C(CN1C(=O)CCC1=O)N1CC[C@@H](S(=O)(=O)c2ccccc2)C1. The molecule has 3 amide bonds. The Morgan fingerprint density at radius 2 is 1.71 bits per heavy atom. The van der Waals surface area contributed by atoms with Crippen molar-refractivity contribution in [3.8, 4) is 0 Å². The topological polar surface area (TPSA) is 91.8 Å². The summed E-state index contributed by atoms with van der Waals surface area (Å²) in [4.78, 5) is 38.1. The summed E-state index contributed by atoms with van der Waals surface area (Å²) in [5.74, 6) is -1.08. The van der Waals surface area contributed by atoms with Crippen molar-refractivity contribution in [3.63, 3.8) is 0 Å². The fraction of sp³-hybridized carbons (Fsp3) is 0.438. The molecule has 1 aromatic carbocycles. The number of likely N-dealkylation sites (tertiary alicyclic amines) is 2. The zero-order chi connectivity index (χ0) is 17.3. The van der Waals surface area contributed by atoms with E-state index in [1.54, 1.807) is 30.3 Å². The molecule has 24 heavy (non-hydrogen) atoms. The predicted molar refractivity (Wildman–Crippen MR) is 84.6 cm³/mol. The lowest BCUT2D eigenvalue weighted by molar-refractivity contribution is -0.145. The van der Waals surface area contributed by atoms with E-state index in [1.165, 1.54) is 4.90 Å². The molecule has 7 nitrogen and oxygen atoms in total. The van der Waals surface area contributed by atoms with Crippen molar-refractivity contribution in [1.29, 1.82) is 0 Å². The Balaban J connectivity index is 1.66. The molecule has 2 saturated heterocycles. The first-order valence-electron chi connectivity index (χ1n) is 7.79. The summed E-state index contributed by atoms with van der Waals surface area (Å²) in [6, 6.07) is 8.15. The van der Waals surface area contributed by atoms with Gasteiger partial charge in [-0.25, -0.2) is 8.42 Å². The average Bonchev–Trinajstić information content (AvgIpc) is 3.19. The van der Waals surface area contributed by atoms with Gasteiger partial charge in [0.05, 0.1) is 10.1 Å². The summed E-state index contributed by atoms with van der Waals surface area (Å²) < 4.78 is 25.2. The highest BCUT2D eigenvalue weighted by molar-refractivity contribution is 7.92. The van der Waals surface area contributed by atoms with Crippen LogP contribution < -0.4 is 0 Å². The largest absolute Gasteiger partial charge is 0.340 e. The van der Waals surface area contributed by atoms with Crippen LogP contribution in [0.2, 0.25) is 0 Å². The number of amides is 3. The van der Waals surface area contributed by atoms with Crippen LogP contribution >= 0.6 is 0 Å². The van der Waals surface area contributed by atoms with E-state index in [4.69, 9.17) is 0 Å². The quantitative estimate of drug-likeness (QED) is 0.724. The van der Waals surface area contributed by atoms with Crippen molar-refractivity contribution < 1.29 is 22.8 Å². The van der Waals surface area contributed by atoms with Crippen LogP contribution in [0.4, 0.5) is 0 Å². The van der Waals surface area contributed by atoms with Crippen LogP contribution in [-0.2, 0) is 24.2 Å². The van der Waals surface area contributed by atoms with Gasteiger partial charge in [0.2, 0.25) is 17.7 Å². The molecule has 0 radical (unpaired) electrons. The van der Waals surface area contributed by atoms with Crippen molar-refractivity contribution in [3.05, 3.63) is 30.3 Å². The normalized spacial score (nSPS) is 21.6. The Bertz CT molecular complexity index is 759. The first-order valence-corrected chi connectivity index (χ1v) is 9.34. The molecule has 1 aromatic rings. The molecule has 0 aromatic heterocycles. The molecular formula is C16H18N2O5S. The third-order valence-corrected chi connectivity index (χ3v) is 6.65. The highest BCUT2D eigenvalue weighted by atomic mass is 32.2. The van der Waals surface area contributed by atoms with E-state index >= 15 is 0 Å². The van der Waals surface area contributed by atoms with Crippen LogP contribution in [0.3, 0.4) is 0 Å². The van der Waals surface area contributed by atoms with E-state index in [0.717, 1.165) is 4.90 Å². The van der Waals surface area contributed by atoms with Gasteiger partial charge in [-0.05, 0) is 18.6 Å². The first kappa shape index (κ1) is 16.6. The van der Waals surface area contributed by atoms with Crippen LogP contribution in [0.5, 0.6) is 0 Å². The molecule has 128 valence electrons. The van der Waals surface area contributed by atoms with Gasteiger partial charge in [0.25, 0.3) is 0 Å². The van der Waals surface area contributed by atoms with Crippen LogP contribution in [0.15, 0.2) is 35.2 Å². The smallest absolute Gasteiger partial charge is 0.242 e. The molecular weight excluding hydrogens is 332 g/mol. The minimum absolute atomic E-state index is 0.0896. The van der Waals surface area contributed by atoms with Gasteiger partial charge in [-0.15, -0.1) is 0 Å². The van der Waals surface area contributed by atoms with Crippen LogP contribution in [0.1, 0.15) is 19.3 Å². The van der Waals surface area contributed by atoms with Gasteiger partial charge in [0.1, 0.15) is 6.54 Å². The number of hydrogen-bond acceptors (Lipinski definition) is 5. The van der Waals surface area contributed by atoms with E-state index in [9.17, 15) is 22.8 Å². The van der Waals surface area contributed by atoms with E-state index in [-0.39, 0.29) is 48.5 Å². The number of hydrogen-bond donors (Lipinski definition) is 0. The first-order chi connectivity index (χ1) is 11.4. The van der Waals surface area contributed by atoms with Gasteiger partial charge in [-0.2, -0.15) is 0 Å². The summed E-state index contributed by atoms with van der Waals surface area (Å²) in [7, 11) is -3.50. The van der Waals surface area contributed by atoms with Crippen LogP contribution in [0.25, 0.3) is 0 Å². The summed E-state index contributed by atoms with van der Waals surface area (Å²) in [5, 5.41) is -0.658. The Kier molecular flexibility index (Phi) is 4.40. The number of nitrogens with zero attached hydrogens (tertiary/aromatic N) is 2. The Morgan fingerprint density at radius 1 is 1.08 bits per heavy atom. The third kappa shape index (κ3) is 3.06. The molecule has 2 aliphatic rings. The zero-order valence-electron chi connectivity index (χ0n) is 13.1.